The van der Waals surface area contributed by atoms with Crippen molar-refractivity contribution in [1.82, 2.24) is 0 Å². The van der Waals surface area contributed by atoms with Gasteiger partial charge in [-0.05, 0) is 14.0 Å². The predicted octanol–water partition coefficient (Wildman–Crippen LogP) is 4.28. The predicted molar refractivity (Wildman–Crippen MR) is 79.1 cm³/mol. The van der Waals surface area contributed by atoms with Gasteiger partial charge < -0.3 is 5.73 Å². The van der Waals surface area contributed by atoms with Gasteiger partial charge in [0.15, 0.2) is 0 Å². The lowest BCUT2D eigenvalue weighted by molar-refractivity contribution is 1.48. The van der Waals surface area contributed by atoms with Crippen molar-refractivity contribution in [3.63, 3.8) is 0 Å². The Morgan fingerprint density at radius 2 is 0.824 bits per heavy atom. The highest BCUT2D eigenvalue weighted by molar-refractivity contribution is 5.11. The van der Waals surface area contributed by atoms with Gasteiger partial charge in [-0.15, -0.1) is 0 Å². The van der Waals surface area contributed by atoms with Crippen molar-refractivity contribution in [2.24, 2.45) is 5.73 Å². The molecular formula is C16H25N. The Bertz CT molecular complexity index is 276. The fraction of sp³-hybridized carbons (Fsp3) is 0.250. The average Bonchev–Trinajstić information content (AvgIpc) is 2.47. The van der Waals surface area contributed by atoms with Gasteiger partial charge in [0.05, 0.1) is 0 Å². The smallest absolute Gasteiger partial charge is 0.0195 e. The first kappa shape index (κ1) is 17.8. The minimum Gasteiger partial charge on any atom is -0.333 e. The van der Waals surface area contributed by atoms with Gasteiger partial charge in [-0.25, -0.2) is 0 Å². The SMILES string of the molecule is CC.CN.Cc1ccccc1.c1ccccc1. The molecule has 0 fully saturated rings. The highest BCUT2D eigenvalue weighted by Gasteiger charge is 1.72. The summed E-state index contributed by atoms with van der Waals surface area (Å²) in [5, 5.41) is 0. The van der Waals surface area contributed by atoms with E-state index in [1.807, 2.05) is 68.4 Å². The van der Waals surface area contributed by atoms with Crippen LogP contribution in [0, 0.1) is 6.92 Å². The van der Waals surface area contributed by atoms with Crippen LogP contribution in [-0.4, -0.2) is 7.05 Å². The van der Waals surface area contributed by atoms with Crippen LogP contribution in [0.25, 0.3) is 0 Å². The Kier molecular flexibility index (Phi) is 17.6. The molecule has 94 valence electrons. The first-order valence-electron chi connectivity index (χ1n) is 5.99. The van der Waals surface area contributed by atoms with Crippen molar-refractivity contribution in [1.29, 1.82) is 0 Å². The summed E-state index contributed by atoms with van der Waals surface area (Å²) >= 11 is 0. The minimum atomic E-state index is 1.32. The molecule has 2 rings (SSSR count). The fourth-order valence-corrected chi connectivity index (χ4v) is 0.919. The summed E-state index contributed by atoms with van der Waals surface area (Å²) in [6.45, 7) is 6.08. The third kappa shape index (κ3) is 14.4. The summed E-state index contributed by atoms with van der Waals surface area (Å²) in [5.41, 5.74) is 5.82. The highest BCUT2D eigenvalue weighted by Crippen LogP contribution is 1.92. The van der Waals surface area contributed by atoms with Crippen LogP contribution in [0.1, 0.15) is 19.4 Å². The lowest BCUT2D eigenvalue weighted by Crippen LogP contribution is -1.69. The van der Waals surface area contributed by atoms with Crippen molar-refractivity contribution in [3.8, 4) is 0 Å². The molecular weight excluding hydrogens is 206 g/mol. The molecule has 1 nitrogen and oxygen atoms in total. The van der Waals surface area contributed by atoms with Gasteiger partial charge >= 0.3 is 0 Å². The first-order chi connectivity index (χ1) is 8.39. The van der Waals surface area contributed by atoms with E-state index >= 15 is 0 Å². The number of nitrogens with two attached hydrogens (primary N) is 1. The number of rotatable bonds is 0. The van der Waals surface area contributed by atoms with Crippen LogP contribution in [0.15, 0.2) is 66.7 Å². The second-order valence-corrected chi connectivity index (χ2v) is 2.81. The van der Waals surface area contributed by atoms with Gasteiger partial charge in [0.25, 0.3) is 0 Å². The zero-order valence-electron chi connectivity index (χ0n) is 11.4. The van der Waals surface area contributed by atoms with E-state index in [9.17, 15) is 0 Å². The monoisotopic (exact) mass is 231 g/mol. The Hall–Kier alpha value is -1.60. The van der Waals surface area contributed by atoms with E-state index in [0.29, 0.717) is 0 Å². The molecule has 2 aromatic rings. The molecule has 0 spiro atoms. The molecule has 0 heterocycles. The summed E-state index contributed by atoms with van der Waals surface area (Å²) < 4.78 is 0. The number of aryl methyl sites for hydroxylation is 1. The molecule has 0 radical (unpaired) electrons. The Morgan fingerprint density at radius 1 is 0.588 bits per heavy atom. The quantitative estimate of drug-likeness (QED) is 0.719. The Labute approximate surface area is 106 Å². The molecule has 2 N–H and O–H groups in total. The maximum absolute atomic E-state index is 4.50. The van der Waals surface area contributed by atoms with E-state index in [1.165, 1.54) is 12.6 Å². The number of hydrogen-bond donors (Lipinski definition) is 1. The molecule has 2 aromatic carbocycles. The summed E-state index contributed by atoms with van der Waals surface area (Å²) in [6, 6.07) is 22.3. The molecule has 0 atom stereocenters. The zero-order chi connectivity index (χ0) is 13.4. The van der Waals surface area contributed by atoms with Gasteiger partial charge in [-0.1, -0.05) is 86.1 Å². The van der Waals surface area contributed by atoms with E-state index in [2.05, 4.69) is 24.8 Å². The van der Waals surface area contributed by atoms with Crippen LogP contribution in [-0.2, 0) is 0 Å². The maximum atomic E-state index is 4.50. The Morgan fingerprint density at radius 3 is 1.00 bits per heavy atom. The standard InChI is InChI=1S/C7H8.C6H6.C2H6.CH5N/c1-7-5-3-2-4-6-7;1-2-4-6-5-3-1;2*1-2/h2-6H,1H3;1-6H;1-2H3;2H2,1H3. The summed E-state index contributed by atoms with van der Waals surface area (Å²) in [5.74, 6) is 0. The van der Waals surface area contributed by atoms with E-state index in [1.54, 1.807) is 0 Å². The molecule has 0 bridgehead atoms. The molecule has 0 saturated heterocycles. The third-order valence-corrected chi connectivity index (χ3v) is 1.61. The van der Waals surface area contributed by atoms with E-state index in [4.69, 9.17) is 0 Å². The minimum absolute atomic E-state index is 1.32. The summed E-state index contributed by atoms with van der Waals surface area (Å²) in [6.07, 6.45) is 0. The maximum Gasteiger partial charge on any atom is -0.0195 e. The molecule has 0 aromatic heterocycles. The van der Waals surface area contributed by atoms with Crippen molar-refractivity contribution < 1.29 is 0 Å². The topological polar surface area (TPSA) is 26.0 Å². The van der Waals surface area contributed by atoms with Crippen LogP contribution < -0.4 is 5.73 Å². The average molecular weight is 231 g/mol. The van der Waals surface area contributed by atoms with Crippen LogP contribution in [0.4, 0.5) is 0 Å². The highest BCUT2D eigenvalue weighted by atomic mass is 14.4. The van der Waals surface area contributed by atoms with E-state index < -0.39 is 0 Å². The molecule has 0 amide bonds. The van der Waals surface area contributed by atoms with Crippen LogP contribution >= 0.6 is 0 Å². The molecule has 0 aliphatic rings. The van der Waals surface area contributed by atoms with Gasteiger partial charge in [-0.2, -0.15) is 0 Å². The van der Waals surface area contributed by atoms with Crippen molar-refractivity contribution in [2.45, 2.75) is 20.8 Å². The zero-order valence-corrected chi connectivity index (χ0v) is 11.4. The van der Waals surface area contributed by atoms with Crippen molar-refractivity contribution >= 4 is 0 Å². The van der Waals surface area contributed by atoms with Crippen molar-refractivity contribution in [2.75, 3.05) is 7.05 Å². The largest absolute Gasteiger partial charge is 0.333 e. The van der Waals surface area contributed by atoms with E-state index in [-0.39, 0.29) is 0 Å². The number of hydrogen-bond acceptors (Lipinski definition) is 1. The van der Waals surface area contributed by atoms with Gasteiger partial charge in [-0.3, -0.25) is 0 Å². The van der Waals surface area contributed by atoms with Gasteiger partial charge in [0.2, 0.25) is 0 Å². The molecule has 0 aliphatic heterocycles. The molecule has 0 saturated carbocycles. The third-order valence-electron chi connectivity index (χ3n) is 1.61. The van der Waals surface area contributed by atoms with Crippen LogP contribution in [0.2, 0.25) is 0 Å². The normalized spacial score (nSPS) is 7.12. The second-order valence-electron chi connectivity index (χ2n) is 2.81. The fourth-order valence-electron chi connectivity index (χ4n) is 0.919. The molecule has 0 unspecified atom stereocenters. The first-order valence-corrected chi connectivity index (χ1v) is 5.99. The van der Waals surface area contributed by atoms with Crippen LogP contribution in [0.5, 0.6) is 0 Å². The second kappa shape index (κ2) is 16.8. The molecule has 0 aliphatic carbocycles. The van der Waals surface area contributed by atoms with Gasteiger partial charge in [0.1, 0.15) is 0 Å². The number of benzene rings is 2. The summed E-state index contributed by atoms with van der Waals surface area (Å²) in [7, 11) is 1.50. The van der Waals surface area contributed by atoms with Crippen molar-refractivity contribution in [3.05, 3.63) is 72.3 Å². The lowest BCUT2D eigenvalue weighted by Gasteiger charge is -1.82. The summed E-state index contributed by atoms with van der Waals surface area (Å²) in [4.78, 5) is 0. The van der Waals surface area contributed by atoms with E-state index in [0.717, 1.165) is 0 Å². The molecule has 17 heavy (non-hydrogen) atoms. The van der Waals surface area contributed by atoms with Gasteiger partial charge in [0, 0.05) is 0 Å². The molecule has 1 heteroatoms. The Balaban J connectivity index is 0. The van der Waals surface area contributed by atoms with Crippen LogP contribution in [0.3, 0.4) is 0 Å². The lowest BCUT2D eigenvalue weighted by atomic mass is 10.2.